The summed E-state index contributed by atoms with van der Waals surface area (Å²) in [5, 5.41) is 8.04. The Bertz CT molecular complexity index is 359. The fourth-order valence-corrected chi connectivity index (χ4v) is 2.42. The number of esters is 1. The van der Waals surface area contributed by atoms with E-state index in [1.165, 1.54) is 0 Å². The highest BCUT2D eigenvalue weighted by Gasteiger charge is 2.28. The fourth-order valence-electron chi connectivity index (χ4n) is 2.42. The number of carbonyl (C=O) groups is 1. The van der Waals surface area contributed by atoms with Crippen LogP contribution in [0.15, 0.2) is 18.3 Å². The van der Waals surface area contributed by atoms with Gasteiger partial charge in [-0.05, 0) is 44.7 Å². The van der Waals surface area contributed by atoms with Crippen LogP contribution >= 0.6 is 0 Å². The van der Waals surface area contributed by atoms with Crippen LogP contribution < -0.4 is 0 Å². The second kappa shape index (κ2) is 5.75. The predicted molar refractivity (Wildman–Crippen MR) is 63.4 cm³/mol. The summed E-state index contributed by atoms with van der Waals surface area (Å²) in [6.07, 6.45) is 5.50. The van der Waals surface area contributed by atoms with Gasteiger partial charge in [-0.1, -0.05) is 0 Å². The third-order valence-electron chi connectivity index (χ3n) is 3.36. The standard InChI is InChI=1S/C13H18N2O2/c1-2-17-13(16)11-7-5-10(6-8-11)12-4-3-9-14-15-12/h3-4,9-11H,2,5-8H2,1H3. The minimum atomic E-state index is -0.0369. The molecule has 1 fully saturated rings. The maximum atomic E-state index is 11.6. The zero-order chi connectivity index (χ0) is 12.1. The molecule has 0 spiro atoms. The van der Waals surface area contributed by atoms with Crippen LogP contribution in [0.25, 0.3) is 0 Å². The van der Waals surface area contributed by atoms with Gasteiger partial charge in [-0.2, -0.15) is 10.2 Å². The summed E-state index contributed by atoms with van der Waals surface area (Å²) in [5.41, 5.74) is 1.05. The normalized spacial score (nSPS) is 24.3. The van der Waals surface area contributed by atoms with Crippen molar-refractivity contribution in [2.24, 2.45) is 5.92 Å². The maximum absolute atomic E-state index is 11.6. The van der Waals surface area contributed by atoms with E-state index in [9.17, 15) is 4.79 Å². The molecule has 0 radical (unpaired) electrons. The van der Waals surface area contributed by atoms with Gasteiger partial charge in [-0.15, -0.1) is 0 Å². The van der Waals surface area contributed by atoms with Crippen LogP contribution in [0.1, 0.15) is 44.2 Å². The first-order valence-corrected chi connectivity index (χ1v) is 6.25. The van der Waals surface area contributed by atoms with Crippen molar-refractivity contribution in [1.29, 1.82) is 0 Å². The molecule has 0 aliphatic heterocycles. The van der Waals surface area contributed by atoms with Crippen molar-refractivity contribution in [3.63, 3.8) is 0 Å². The van der Waals surface area contributed by atoms with Gasteiger partial charge in [0.1, 0.15) is 0 Å². The zero-order valence-corrected chi connectivity index (χ0v) is 10.1. The number of nitrogens with zero attached hydrogens (tertiary/aromatic N) is 2. The van der Waals surface area contributed by atoms with E-state index in [1.807, 2.05) is 19.1 Å². The van der Waals surface area contributed by atoms with Crippen molar-refractivity contribution in [3.8, 4) is 0 Å². The number of hydrogen-bond donors (Lipinski definition) is 0. The Hall–Kier alpha value is -1.45. The highest BCUT2D eigenvalue weighted by molar-refractivity contribution is 5.72. The Morgan fingerprint density at radius 2 is 2.18 bits per heavy atom. The molecule has 1 heterocycles. The van der Waals surface area contributed by atoms with Gasteiger partial charge in [0.05, 0.1) is 18.2 Å². The topological polar surface area (TPSA) is 52.1 Å². The molecule has 0 unspecified atom stereocenters. The van der Waals surface area contributed by atoms with Gasteiger partial charge >= 0.3 is 5.97 Å². The van der Waals surface area contributed by atoms with Gasteiger partial charge in [0.25, 0.3) is 0 Å². The minimum Gasteiger partial charge on any atom is -0.466 e. The van der Waals surface area contributed by atoms with Crippen molar-refractivity contribution >= 4 is 5.97 Å². The molecule has 2 rings (SSSR count). The molecule has 1 aromatic rings. The minimum absolute atomic E-state index is 0.0369. The summed E-state index contributed by atoms with van der Waals surface area (Å²) in [5.74, 6) is 0.502. The molecule has 17 heavy (non-hydrogen) atoms. The Morgan fingerprint density at radius 3 is 2.76 bits per heavy atom. The van der Waals surface area contributed by atoms with Crippen molar-refractivity contribution in [3.05, 3.63) is 24.0 Å². The van der Waals surface area contributed by atoms with E-state index in [-0.39, 0.29) is 11.9 Å². The lowest BCUT2D eigenvalue weighted by atomic mass is 9.80. The van der Waals surface area contributed by atoms with Gasteiger partial charge in [0.2, 0.25) is 0 Å². The van der Waals surface area contributed by atoms with Gasteiger partial charge in [-0.3, -0.25) is 4.79 Å². The summed E-state index contributed by atoms with van der Waals surface area (Å²) >= 11 is 0. The molecule has 92 valence electrons. The number of aromatic nitrogens is 2. The van der Waals surface area contributed by atoms with E-state index in [1.54, 1.807) is 6.20 Å². The summed E-state index contributed by atoms with van der Waals surface area (Å²) in [4.78, 5) is 11.6. The monoisotopic (exact) mass is 234 g/mol. The van der Waals surface area contributed by atoms with E-state index < -0.39 is 0 Å². The van der Waals surface area contributed by atoms with Crippen LogP contribution in [0, 0.1) is 5.92 Å². The number of hydrogen-bond acceptors (Lipinski definition) is 4. The average molecular weight is 234 g/mol. The molecular formula is C13H18N2O2. The van der Waals surface area contributed by atoms with Crippen LogP contribution in [0.5, 0.6) is 0 Å². The van der Waals surface area contributed by atoms with Gasteiger partial charge in [0.15, 0.2) is 0 Å². The molecular weight excluding hydrogens is 216 g/mol. The van der Waals surface area contributed by atoms with Crippen LogP contribution in [-0.4, -0.2) is 22.8 Å². The lowest BCUT2D eigenvalue weighted by Gasteiger charge is -2.26. The smallest absolute Gasteiger partial charge is 0.308 e. The summed E-state index contributed by atoms with van der Waals surface area (Å²) in [7, 11) is 0. The van der Waals surface area contributed by atoms with E-state index in [2.05, 4.69) is 10.2 Å². The van der Waals surface area contributed by atoms with Crippen LogP contribution in [0.2, 0.25) is 0 Å². The summed E-state index contributed by atoms with van der Waals surface area (Å²) < 4.78 is 5.06. The van der Waals surface area contributed by atoms with E-state index in [4.69, 9.17) is 4.74 Å². The molecule has 0 saturated heterocycles. The molecule has 0 bridgehead atoms. The van der Waals surface area contributed by atoms with Crippen molar-refractivity contribution in [2.75, 3.05) is 6.61 Å². The molecule has 0 amide bonds. The lowest BCUT2D eigenvalue weighted by molar-refractivity contribution is -0.149. The van der Waals surface area contributed by atoms with Crippen LogP contribution in [0.3, 0.4) is 0 Å². The van der Waals surface area contributed by atoms with Crippen LogP contribution in [-0.2, 0) is 9.53 Å². The molecule has 1 aliphatic rings. The average Bonchev–Trinajstić information content (AvgIpc) is 2.40. The number of rotatable bonds is 3. The molecule has 4 heteroatoms. The molecule has 0 atom stereocenters. The highest BCUT2D eigenvalue weighted by Crippen LogP contribution is 2.35. The van der Waals surface area contributed by atoms with E-state index >= 15 is 0 Å². The first-order valence-electron chi connectivity index (χ1n) is 6.25. The zero-order valence-electron chi connectivity index (χ0n) is 10.1. The van der Waals surface area contributed by atoms with E-state index in [0.29, 0.717) is 12.5 Å². The molecule has 1 aromatic heterocycles. The maximum Gasteiger partial charge on any atom is 0.308 e. The third-order valence-corrected chi connectivity index (χ3v) is 3.36. The number of ether oxygens (including phenoxy) is 1. The molecule has 1 aliphatic carbocycles. The molecule has 1 saturated carbocycles. The number of carbonyl (C=O) groups excluding carboxylic acids is 1. The van der Waals surface area contributed by atoms with E-state index in [0.717, 1.165) is 31.4 Å². The fraction of sp³-hybridized carbons (Fsp3) is 0.615. The molecule has 0 N–H and O–H groups in total. The second-order valence-corrected chi connectivity index (χ2v) is 4.45. The second-order valence-electron chi connectivity index (χ2n) is 4.45. The van der Waals surface area contributed by atoms with Gasteiger partial charge < -0.3 is 4.74 Å². The Kier molecular flexibility index (Phi) is 4.07. The quantitative estimate of drug-likeness (QED) is 0.753. The van der Waals surface area contributed by atoms with Crippen molar-refractivity contribution < 1.29 is 9.53 Å². The summed E-state index contributed by atoms with van der Waals surface area (Å²) in [6.45, 7) is 2.33. The van der Waals surface area contributed by atoms with Gasteiger partial charge in [0, 0.05) is 12.1 Å². The largest absolute Gasteiger partial charge is 0.466 e. The Morgan fingerprint density at radius 1 is 1.41 bits per heavy atom. The van der Waals surface area contributed by atoms with Crippen molar-refractivity contribution in [2.45, 2.75) is 38.5 Å². The van der Waals surface area contributed by atoms with Crippen LogP contribution in [0.4, 0.5) is 0 Å². The third kappa shape index (κ3) is 3.02. The Labute approximate surface area is 101 Å². The first-order chi connectivity index (χ1) is 8.31. The highest BCUT2D eigenvalue weighted by atomic mass is 16.5. The lowest BCUT2D eigenvalue weighted by Crippen LogP contribution is -2.23. The first kappa shape index (κ1) is 12.0. The molecule has 0 aromatic carbocycles. The SMILES string of the molecule is CCOC(=O)C1CCC(c2cccnn2)CC1. The molecule has 4 nitrogen and oxygen atoms in total. The summed E-state index contributed by atoms with van der Waals surface area (Å²) in [6, 6.07) is 3.93. The predicted octanol–water partition coefficient (Wildman–Crippen LogP) is 2.31. The Balaban J connectivity index is 1.88. The van der Waals surface area contributed by atoms with Gasteiger partial charge in [-0.25, -0.2) is 0 Å². The van der Waals surface area contributed by atoms with Crippen molar-refractivity contribution in [1.82, 2.24) is 10.2 Å².